The molecule has 0 aliphatic carbocycles. The molecule has 4 heteroatoms. The lowest BCUT2D eigenvalue weighted by atomic mass is 9.91. The van der Waals surface area contributed by atoms with Gasteiger partial charge in [0.05, 0.1) is 21.4 Å². The summed E-state index contributed by atoms with van der Waals surface area (Å²) >= 11 is 3.60. The molecule has 58 heavy (non-hydrogen) atoms. The molecule has 0 unspecified atom stereocenters. The van der Waals surface area contributed by atoms with Crippen LogP contribution in [-0.4, -0.2) is 9.97 Å². The zero-order valence-corrected chi connectivity index (χ0v) is 32.8. The highest BCUT2D eigenvalue weighted by molar-refractivity contribution is 7.26. The van der Waals surface area contributed by atoms with Gasteiger partial charge >= 0.3 is 0 Å². The molecule has 2 nitrogen and oxygen atoms in total. The van der Waals surface area contributed by atoms with Gasteiger partial charge in [0.2, 0.25) is 0 Å². The van der Waals surface area contributed by atoms with Crippen molar-refractivity contribution in [2.75, 3.05) is 0 Å². The van der Waals surface area contributed by atoms with E-state index < -0.39 is 0 Å². The molecule has 0 aliphatic rings. The Morgan fingerprint density at radius 3 is 1.90 bits per heavy atom. The van der Waals surface area contributed by atoms with Gasteiger partial charge in [-0.1, -0.05) is 158 Å². The van der Waals surface area contributed by atoms with Gasteiger partial charge in [0.25, 0.3) is 0 Å². The van der Waals surface area contributed by atoms with Gasteiger partial charge in [0.15, 0.2) is 0 Å². The fourth-order valence-electron chi connectivity index (χ4n) is 8.77. The number of aromatic nitrogens is 2. The number of hydrogen-bond donors (Lipinski definition) is 0. The maximum atomic E-state index is 5.66. The molecule has 0 radical (unpaired) electrons. The molecule has 12 aromatic rings. The van der Waals surface area contributed by atoms with Crippen LogP contribution in [0.3, 0.4) is 0 Å². The zero-order chi connectivity index (χ0) is 38.2. The number of thiophene rings is 1. The van der Waals surface area contributed by atoms with E-state index in [1.165, 1.54) is 57.7 Å². The monoisotopic (exact) mass is 772 g/mol. The number of pyridine rings is 1. The van der Waals surface area contributed by atoms with Crippen molar-refractivity contribution in [3.63, 3.8) is 0 Å². The minimum absolute atomic E-state index is 0.985. The zero-order valence-electron chi connectivity index (χ0n) is 31.2. The van der Waals surface area contributed by atoms with Crippen molar-refractivity contribution in [2.24, 2.45) is 0 Å². The van der Waals surface area contributed by atoms with Gasteiger partial charge in [0, 0.05) is 53.0 Å². The summed E-state index contributed by atoms with van der Waals surface area (Å²) in [6, 6.07) is 70.3. The fourth-order valence-corrected chi connectivity index (χ4v) is 10.9. The highest BCUT2D eigenvalue weighted by Crippen LogP contribution is 2.44. The molecule has 0 N–H and O–H groups in total. The van der Waals surface area contributed by atoms with Crippen molar-refractivity contribution >= 4 is 85.5 Å². The Morgan fingerprint density at radius 2 is 0.983 bits per heavy atom. The average molecular weight is 773 g/mol. The molecule has 0 aliphatic heterocycles. The van der Waals surface area contributed by atoms with E-state index in [9.17, 15) is 0 Å². The van der Waals surface area contributed by atoms with Crippen molar-refractivity contribution in [2.45, 2.75) is 0 Å². The minimum Gasteiger partial charge on any atom is -0.246 e. The van der Waals surface area contributed by atoms with E-state index in [-0.39, 0.29) is 0 Å². The van der Waals surface area contributed by atoms with Gasteiger partial charge in [-0.05, 0) is 75.0 Å². The first-order valence-electron chi connectivity index (χ1n) is 19.6. The Morgan fingerprint density at radius 1 is 0.328 bits per heavy atom. The molecule has 0 fully saturated rings. The van der Waals surface area contributed by atoms with Crippen LogP contribution in [0.15, 0.2) is 194 Å². The van der Waals surface area contributed by atoms with E-state index in [1.54, 1.807) is 11.3 Å². The second-order valence-corrected chi connectivity index (χ2v) is 17.0. The quantitative estimate of drug-likeness (QED) is 0.163. The molecule has 12 rings (SSSR count). The Labute approximate surface area is 343 Å². The summed E-state index contributed by atoms with van der Waals surface area (Å²) in [5, 5.41) is 9.66. The molecule has 3 aromatic heterocycles. The Balaban J connectivity index is 1.05. The standard InChI is InChI=1S/C54H32N2S2/c1-2-13-34(14-3-1)54-55-46-29-27-36(32-49(46)58-54)35-15-8-18-39(30-35)52-45-28-26-33-12-4-5-19-40(33)50(45)44-23-10-22-42(53(44)56-52)38-17-9-16-37(31-38)41-21-11-25-48-51(41)43-20-6-7-24-47(43)57-48/h1-32H. The van der Waals surface area contributed by atoms with Crippen LogP contribution in [0.1, 0.15) is 0 Å². The Bertz CT molecular complexity index is 3580. The highest BCUT2D eigenvalue weighted by atomic mass is 32.1. The van der Waals surface area contributed by atoms with Crippen LogP contribution < -0.4 is 0 Å². The van der Waals surface area contributed by atoms with E-state index in [4.69, 9.17) is 9.97 Å². The van der Waals surface area contributed by atoms with E-state index >= 15 is 0 Å². The number of nitrogens with zero attached hydrogens (tertiary/aromatic N) is 2. The van der Waals surface area contributed by atoms with Gasteiger partial charge in [-0.2, -0.15) is 0 Å². The molecular weight excluding hydrogens is 741 g/mol. The minimum atomic E-state index is 0.985. The third-order valence-corrected chi connectivity index (χ3v) is 13.7. The molecule has 0 spiro atoms. The van der Waals surface area contributed by atoms with Gasteiger partial charge in [-0.25, -0.2) is 9.97 Å². The fraction of sp³-hybridized carbons (Fsp3) is 0. The van der Waals surface area contributed by atoms with E-state index in [1.807, 2.05) is 17.4 Å². The summed E-state index contributed by atoms with van der Waals surface area (Å²) in [6.45, 7) is 0. The van der Waals surface area contributed by atoms with Crippen LogP contribution in [0.4, 0.5) is 0 Å². The lowest BCUT2D eigenvalue weighted by Crippen LogP contribution is -1.94. The molecule has 270 valence electrons. The number of para-hydroxylation sites is 1. The summed E-state index contributed by atoms with van der Waals surface area (Å²) in [5.41, 5.74) is 12.3. The molecular formula is C54H32N2S2. The second kappa shape index (κ2) is 13.3. The molecule has 0 saturated heterocycles. The second-order valence-electron chi connectivity index (χ2n) is 14.9. The maximum absolute atomic E-state index is 5.66. The molecule has 0 bridgehead atoms. The highest BCUT2D eigenvalue weighted by Gasteiger charge is 2.18. The third-order valence-electron chi connectivity index (χ3n) is 11.5. The predicted octanol–water partition coefficient (Wildman–Crippen LogP) is 15.9. The first-order chi connectivity index (χ1) is 28.7. The molecule has 0 amide bonds. The molecule has 9 aromatic carbocycles. The lowest BCUT2D eigenvalue weighted by Gasteiger charge is -2.16. The molecule has 0 saturated carbocycles. The van der Waals surface area contributed by atoms with E-state index in [0.717, 1.165) is 60.3 Å². The third kappa shape index (κ3) is 5.37. The maximum Gasteiger partial charge on any atom is 0.124 e. The number of rotatable bonds is 5. The Kier molecular flexibility index (Phi) is 7.62. The van der Waals surface area contributed by atoms with Crippen molar-refractivity contribution in [3.05, 3.63) is 194 Å². The van der Waals surface area contributed by atoms with Crippen LogP contribution >= 0.6 is 22.7 Å². The summed E-state index contributed by atoms with van der Waals surface area (Å²) < 4.78 is 3.80. The van der Waals surface area contributed by atoms with Crippen molar-refractivity contribution in [3.8, 4) is 55.2 Å². The first-order valence-corrected chi connectivity index (χ1v) is 21.2. The largest absolute Gasteiger partial charge is 0.246 e. The van der Waals surface area contributed by atoms with E-state index in [0.29, 0.717) is 0 Å². The smallest absolute Gasteiger partial charge is 0.124 e. The van der Waals surface area contributed by atoms with Crippen LogP contribution in [0.2, 0.25) is 0 Å². The topological polar surface area (TPSA) is 25.8 Å². The van der Waals surface area contributed by atoms with Crippen LogP contribution in [-0.2, 0) is 0 Å². The normalized spacial score (nSPS) is 11.8. The lowest BCUT2D eigenvalue weighted by molar-refractivity contribution is 1.42. The van der Waals surface area contributed by atoms with Crippen LogP contribution in [0, 0.1) is 0 Å². The summed E-state index contributed by atoms with van der Waals surface area (Å²) in [5.74, 6) is 0. The number of fused-ring (bicyclic) bond motifs is 9. The summed E-state index contributed by atoms with van der Waals surface area (Å²) in [6.07, 6.45) is 0. The number of hydrogen-bond acceptors (Lipinski definition) is 4. The SMILES string of the molecule is c1ccc(-c2nc3ccc(-c4cccc(-c5nc6c(-c7cccc(-c8cccc9sc%10ccccc%10c89)c7)cccc6c6c5ccc5ccccc56)c4)cc3s2)cc1. The van der Waals surface area contributed by atoms with Crippen LogP contribution in [0.5, 0.6) is 0 Å². The predicted molar refractivity (Wildman–Crippen MR) is 250 cm³/mol. The van der Waals surface area contributed by atoms with Gasteiger partial charge in [-0.3, -0.25) is 0 Å². The molecule has 0 atom stereocenters. The first kappa shape index (κ1) is 33.2. The van der Waals surface area contributed by atoms with Gasteiger partial charge in [-0.15, -0.1) is 22.7 Å². The van der Waals surface area contributed by atoms with Gasteiger partial charge in [0.1, 0.15) is 5.01 Å². The van der Waals surface area contributed by atoms with E-state index in [2.05, 4.69) is 188 Å². The molecule has 3 heterocycles. The van der Waals surface area contributed by atoms with Crippen molar-refractivity contribution in [1.82, 2.24) is 9.97 Å². The number of benzene rings is 9. The van der Waals surface area contributed by atoms with Crippen molar-refractivity contribution in [1.29, 1.82) is 0 Å². The number of thiazole rings is 1. The van der Waals surface area contributed by atoms with Gasteiger partial charge < -0.3 is 0 Å². The summed E-state index contributed by atoms with van der Waals surface area (Å²) in [7, 11) is 0. The van der Waals surface area contributed by atoms with Crippen LogP contribution in [0.25, 0.3) is 118 Å². The Hall–Kier alpha value is -6.98. The average Bonchev–Trinajstić information content (AvgIpc) is 3.90. The van der Waals surface area contributed by atoms with Crippen molar-refractivity contribution < 1.29 is 0 Å². The summed E-state index contributed by atoms with van der Waals surface area (Å²) in [4.78, 5) is 10.6.